The van der Waals surface area contributed by atoms with Crippen LogP contribution in [0.1, 0.15) is 24.5 Å². The largest absolute Gasteiger partial charge is 0.365 e. The van der Waals surface area contributed by atoms with E-state index in [1.54, 1.807) is 12.3 Å². The Bertz CT molecular complexity index is 1090. The number of amides is 1. The van der Waals surface area contributed by atoms with Crippen molar-refractivity contribution in [3.05, 3.63) is 81.8 Å². The average Bonchev–Trinajstić information content (AvgIpc) is 2.76. The number of aromatic nitrogens is 2. The molecule has 0 spiro atoms. The molecule has 0 radical (unpaired) electrons. The van der Waals surface area contributed by atoms with Crippen LogP contribution in [0.2, 0.25) is 0 Å². The van der Waals surface area contributed by atoms with Crippen LogP contribution in [0.15, 0.2) is 61.3 Å². The van der Waals surface area contributed by atoms with Crippen molar-refractivity contribution in [2.75, 3.05) is 16.0 Å². The lowest BCUT2D eigenvalue weighted by Gasteiger charge is -2.12. The number of benzene rings is 2. The van der Waals surface area contributed by atoms with Crippen molar-refractivity contribution in [1.82, 2.24) is 9.97 Å². The first-order chi connectivity index (χ1) is 15.0. The molecule has 2 aromatic carbocycles. The maximum absolute atomic E-state index is 14.2. The third kappa shape index (κ3) is 6.48. The number of hydrogen-bond donors (Lipinski definition) is 3. The minimum atomic E-state index is -0.259. The number of anilines is 4. The molecule has 0 atom stereocenters. The topological polar surface area (TPSA) is 78.9 Å². The summed E-state index contributed by atoms with van der Waals surface area (Å²) in [6.45, 7) is 5.98. The molecule has 0 unspecified atom stereocenters. The van der Waals surface area contributed by atoms with Gasteiger partial charge in [-0.2, -0.15) is 4.98 Å². The van der Waals surface area contributed by atoms with Gasteiger partial charge in [0, 0.05) is 24.1 Å². The number of halogens is 2. The van der Waals surface area contributed by atoms with Gasteiger partial charge in [-0.15, -0.1) is 0 Å². The molecule has 3 rings (SSSR count). The number of hydrogen-bond acceptors (Lipinski definition) is 5. The van der Waals surface area contributed by atoms with Gasteiger partial charge < -0.3 is 16.0 Å². The molecule has 160 valence electrons. The van der Waals surface area contributed by atoms with Crippen LogP contribution in [0.3, 0.4) is 0 Å². The molecule has 1 heterocycles. The lowest BCUT2D eigenvalue weighted by Crippen LogP contribution is -2.09. The first kappa shape index (κ1) is 22.7. The second kappa shape index (κ2) is 10.9. The van der Waals surface area contributed by atoms with Crippen molar-refractivity contribution in [2.45, 2.75) is 26.3 Å². The lowest BCUT2D eigenvalue weighted by molar-refractivity contribution is -0.111. The van der Waals surface area contributed by atoms with E-state index in [9.17, 15) is 9.18 Å². The van der Waals surface area contributed by atoms with Gasteiger partial charge in [-0.1, -0.05) is 38.1 Å². The Hall–Kier alpha value is -3.01. The summed E-state index contributed by atoms with van der Waals surface area (Å²) in [5, 5.41) is 9.08. The van der Waals surface area contributed by atoms with Gasteiger partial charge in [-0.05, 0) is 70.5 Å². The highest BCUT2D eigenvalue weighted by molar-refractivity contribution is 14.1. The molecule has 8 heteroatoms. The zero-order chi connectivity index (χ0) is 22.2. The molecule has 1 aromatic heterocycles. The normalized spacial score (nSPS) is 10.4. The standard InChI is InChI=1S/C23H23FIN5O/c1-3-6-16-9-10-18(12-19(16)24)29-23-27-14-20(25)22(30-23)26-13-15-7-5-8-17(11-15)28-21(31)4-2/h4-5,7-12,14H,2-3,6,13H2,1H3,(H,28,31)(H2,26,27,29,30). The Balaban J connectivity index is 1.69. The van der Waals surface area contributed by atoms with Crippen LogP contribution in [-0.4, -0.2) is 15.9 Å². The summed E-state index contributed by atoms with van der Waals surface area (Å²) in [6.07, 6.45) is 4.52. The highest BCUT2D eigenvalue weighted by atomic mass is 127. The van der Waals surface area contributed by atoms with Crippen LogP contribution in [-0.2, 0) is 17.8 Å². The third-order valence-corrected chi connectivity index (χ3v) is 5.20. The van der Waals surface area contributed by atoms with E-state index in [4.69, 9.17) is 0 Å². The van der Waals surface area contributed by atoms with Gasteiger partial charge in [0.2, 0.25) is 11.9 Å². The molecule has 0 aliphatic rings. The van der Waals surface area contributed by atoms with Crippen LogP contribution in [0.5, 0.6) is 0 Å². The zero-order valence-corrected chi connectivity index (χ0v) is 19.2. The van der Waals surface area contributed by atoms with Crippen molar-refractivity contribution in [2.24, 2.45) is 0 Å². The second-order valence-corrected chi connectivity index (χ2v) is 7.98. The molecule has 3 N–H and O–H groups in total. The van der Waals surface area contributed by atoms with Crippen molar-refractivity contribution in [3.8, 4) is 0 Å². The predicted molar refractivity (Wildman–Crippen MR) is 131 cm³/mol. The first-order valence-corrected chi connectivity index (χ1v) is 10.9. The maximum Gasteiger partial charge on any atom is 0.247 e. The van der Waals surface area contributed by atoms with E-state index in [2.05, 4.69) is 55.1 Å². The number of nitrogens with one attached hydrogen (secondary N) is 3. The van der Waals surface area contributed by atoms with Gasteiger partial charge in [0.15, 0.2) is 0 Å². The van der Waals surface area contributed by atoms with Crippen LogP contribution in [0, 0.1) is 9.39 Å². The fourth-order valence-corrected chi connectivity index (χ4v) is 3.37. The Morgan fingerprint density at radius 3 is 2.81 bits per heavy atom. The highest BCUT2D eigenvalue weighted by Gasteiger charge is 2.08. The quantitative estimate of drug-likeness (QED) is 0.246. The molecule has 6 nitrogen and oxygen atoms in total. The molecule has 0 saturated carbocycles. The van der Waals surface area contributed by atoms with E-state index in [0.29, 0.717) is 41.7 Å². The second-order valence-electron chi connectivity index (χ2n) is 6.82. The summed E-state index contributed by atoms with van der Waals surface area (Å²) in [7, 11) is 0. The molecule has 0 fully saturated rings. The third-order valence-electron chi connectivity index (χ3n) is 4.41. The van der Waals surface area contributed by atoms with E-state index in [1.807, 2.05) is 37.3 Å². The van der Waals surface area contributed by atoms with Gasteiger partial charge in [0.25, 0.3) is 0 Å². The minimum Gasteiger partial charge on any atom is -0.365 e. The summed E-state index contributed by atoms with van der Waals surface area (Å²) in [5.41, 5.74) is 2.96. The van der Waals surface area contributed by atoms with E-state index < -0.39 is 0 Å². The van der Waals surface area contributed by atoms with Crippen LogP contribution in [0.4, 0.5) is 27.5 Å². The zero-order valence-electron chi connectivity index (χ0n) is 17.1. The molecule has 0 aliphatic carbocycles. The predicted octanol–water partition coefficient (Wildman–Crippen LogP) is 5.65. The minimum absolute atomic E-state index is 0.237. The number of rotatable bonds is 9. The van der Waals surface area contributed by atoms with Crippen molar-refractivity contribution >= 4 is 51.6 Å². The molecule has 0 saturated heterocycles. The smallest absolute Gasteiger partial charge is 0.247 e. The van der Waals surface area contributed by atoms with Crippen LogP contribution in [0.25, 0.3) is 0 Å². The Morgan fingerprint density at radius 1 is 1.23 bits per heavy atom. The van der Waals surface area contributed by atoms with Gasteiger partial charge in [-0.25, -0.2) is 9.37 Å². The van der Waals surface area contributed by atoms with Gasteiger partial charge in [0.05, 0.1) is 3.57 Å². The SMILES string of the molecule is C=CC(=O)Nc1cccc(CNc2nc(Nc3ccc(CCC)c(F)c3)ncc2I)c1. The number of carbonyl (C=O) groups is 1. The van der Waals surface area contributed by atoms with Crippen LogP contribution >= 0.6 is 22.6 Å². The Morgan fingerprint density at radius 2 is 2.06 bits per heavy atom. The summed E-state index contributed by atoms with van der Waals surface area (Å²) in [5.74, 6) is 0.531. The van der Waals surface area contributed by atoms with Crippen molar-refractivity contribution in [3.63, 3.8) is 0 Å². The highest BCUT2D eigenvalue weighted by Crippen LogP contribution is 2.22. The average molecular weight is 531 g/mol. The molecule has 0 aliphatic heterocycles. The van der Waals surface area contributed by atoms with E-state index in [0.717, 1.165) is 15.6 Å². The fraction of sp³-hybridized carbons (Fsp3) is 0.174. The number of aryl methyl sites for hydroxylation is 1. The summed E-state index contributed by atoms with van der Waals surface area (Å²) in [4.78, 5) is 20.3. The molecular formula is C23H23FIN5O. The molecule has 3 aromatic rings. The molecule has 1 amide bonds. The van der Waals surface area contributed by atoms with Crippen molar-refractivity contribution < 1.29 is 9.18 Å². The van der Waals surface area contributed by atoms with E-state index in [1.165, 1.54) is 12.1 Å². The first-order valence-electron chi connectivity index (χ1n) is 9.82. The van der Waals surface area contributed by atoms with Gasteiger partial charge >= 0.3 is 0 Å². The van der Waals surface area contributed by atoms with E-state index >= 15 is 0 Å². The van der Waals surface area contributed by atoms with Crippen LogP contribution < -0.4 is 16.0 Å². The summed E-state index contributed by atoms with van der Waals surface area (Å²) >= 11 is 2.15. The summed E-state index contributed by atoms with van der Waals surface area (Å²) < 4.78 is 15.1. The Kier molecular flexibility index (Phi) is 7.94. The lowest BCUT2D eigenvalue weighted by atomic mass is 10.1. The monoisotopic (exact) mass is 531 g/mol. The molecule has 0 bridgehead atoms. The van der Waals surface area contributed by atoms with Crippen molar-refractivity contribution in [1.29, 1.82) is 0 Å². The Labute approximate surface area is 194 Å². The number of nitrogens with zero attached hydrogens (tertiary/aromatic N) is 2. The molecule has 31 heavy (non-hydrogen) atoms. The maximum atomic E-state index is 14.2. The van der Waals surface area contributed by atoms with Gasteiger partial charge in [-0.3, -0.25) is 4.79 Å². The fourth-order valence-electron chi connectivity index (χ4n) is 2.92. The number of carbonyl (C=O) groups excluding carboxylic acids is 1. The van der Waals surface area contributed by atoms with E-state index in [-0.39, 0.29) is 11.7 Å². The summed E-state index contributed by atoms with van der Waals surface area (Å²) in [6, 6.07) is 12.6. The molecular weight excluding hydrogens is 508 g/mol. The van der Waals surface area contributed by atoms with Gasteiger partial charge in [0.1, 0.15) is 11.6 Å².